The van der Waals surface area contributed by atoms with Crippen LogP contribution in [0.15, 0.2) is 5.29 Å². The zero-order valence-corrected chi connectivity index (χ0v) is 17.9. The quantitative estimate of drug-likeness (QED) is 0.0948. The molecule has 1 fully saturated rings. The van der Waals surface area contributed by atoms with E-state index in [0.29, 0.717) is 11.4 Å². The number of urea groups is 1. The average molecular weight is 458 g/mol. The molecule has 2 amide bonds. The topological polar surface area (TPSA) is 162 Å². The summed E-state index contributed by atoms with van der Waals surface area (Å²) in [6.45, 7) is 2.13. The van der Waals surface area contributed by atoms with Crippen molar-refractivity contribution in [1.82, 2.24) is 9.91 Å². The highest BCUT2D eigenvalue weighted by molar-refractivity contribution is 6.18. The van der Waals surface area contributed by atoms with E-state index >= 15 is 0 Å². The number of ether oxygens (including phenoxy) is 3. The Balaban J connectivity index is 3.03. The SMILES string of the molecule is CCCCO[C@H]1O[C@H](C(O)N(CCCOC)C(=O)N(CCCl)N=O)[C@@H](O)[C@H](O)[C@H]1O. The van der Waals surface area contributed by atoms with Crippen LogP contribution in [-0.2, 0) is 14.2 Å². The van der Waals surface area contributed by atoms with Crippen LogP contribution in [0.1, 0.15) is 26.2 Å². The standard InChI is InChI=1S/C17H32ClN3O9/c1-3-4-10-29-16-13(24)11(22)12(23)14(30-16)15(25)20(7-5-9-28-2)17(26)21(19-27)8-6-18/h11-16,22-25H,3-10H2,1-2H3/t11-,12-,13+,14-,15?,16-/m0/s1. The van der Waals surface area contributed by atoms with E-state index < -0.39 is 43.0 Å². The number of carbonyl (C=O) groups is 1. The minimum absolute atomic E-state index is 0.0692. The molecule has 0 aromatic heterocycles. The average Bonchev–Trinajstić information content (AvgIpc) is 2.74. The maximum atomic E-state index is 12.7. The van der Waals surface area contributed by atoms with Gasteiger partial charge in [-0.2, -0.15) is 5.01 Å². The van der Waals surface area contributed by atoms with E-state index in [9.17, 15) is 30.1 Å². The number of methoxy groups -OCH3 is 1. The van der Waals surface area contributed by atoms with Gasteiger partial charge in [-0.3, -0.25) is 4.90 Å². The number of nitroso groups, excluding NO2 is 1. The van der Waals surface area contributed by atoms with E-state index in [0.717, 1.165) is 11.3 Å². The fourth-order valence-electron chi connectivity index (χ4n) is 2.90. The molecule has 6 atom stereocenters. The lowest BCUT2D eigenvalue weighted by molar-refractivity contribution is -0.318. The summed E-state index contributed by atoms with van der Waals surface area (Å²) >= 11 is 5.58. The van der Waals surface area contributed by atoms with Gasteiger partial charge in [0.2, 0.25) is 0 Å². The number of hydrogen-bond acceptors (Lipinski definition) is 10. The van der Waals surface area contributed by atoms with Crippen LogP contribution in [0.2, 0.25) is 0 Å². The second-order valence-corrected chi connectivity index (χ2v) is 7.17. The Labute approximate surface area is 180 Å². The molecule has 176 valence electrons. The molecule has 0 saturated carbocycles. The summed E-state index contributed by atoms with van der Waals surface area (Å²) in [7, 11) is 1.46. The Bertz CT molecular complexity index is 519. The Kier molecular flexibility index (Phi) is 12.6. The first-order chi connectivity index (χ1) is 14.3. The van der Waals surface area contributed by atoms with Crippen LogP contribution in [-0.4, -0.2) is 113 Å². The lowest BCUT2D eigenvalue weighted by Crippen LogP contribution is -2.65. The van der Waals surface area contributed by atoms with E-state index in [1.165, 1.54) is 7.11 Å². The van der Waals surface area contributed by atoms with Crippen molar-refractivity contribution in [3.8, 4) is 0 Å². The van der Waals surface area contributed by atoms with Crippen molar-refractivity contribution >= 4 is 17.6 Å². The molecule has 1 aliphatic rings. The van der Waals surface area contributed by atoms with Crippen molar-refractivity contribution in [2.24, 2.45) is 5.29 Å². The molecule has 0 aromatic rings. The van der Waals surface area contributed by atoms with Gasteiger partial charge in [0.25, 0.3) is 0 Å². The number of nitrogens with zero attached hydrogens (tertiary/aromatic N) is 3. The van der Waals surface area contributed by atoms with Crippen molar-refractivity contribution in [2.45, 2.75) is 63.1 Å². The molecular formula is C17H32ClN3O9. The Morgan fingerprint density at radius 3 is 2.43 bits per heavy atom. The van der Waals surface area contributed by atoms with E-state index in [-0.39, 0.29) is 38.6 Å². The lowest BCUT2D eigenvalue weighted by atomic mass is 9.97. The summed E-state index contributed by atoms with van der Waals surface area (Å²) in [4.78, 5) is 24.6. The molecule has 0 aromatic carbocycles. The molecule has 1 unspecified atom stereocenters. The van der Waals surface area contributed by atoms with Gasteiger partial charge >= 0.3 is 6.03 Å². The molecule has 4 N–H and O–H groups in total. The van der Waals surface area contributed by atoms with Gasteiger partial charge in [-0.1, -0.05) is 13.3 Å². The molecule has 0 spiro atoms. The number of aliphatic hydroxyl groups is 4. The van der Waals surface area contributed by atoms with Crippen molar-refractivity contribution < 1.29 is 39.4 Å². The van der Waals surface area contributed by atoms with Crippen molar-refractivity contribution in [1.29, 1.82) is 0 Å². The molecule has 1 aliphatic heterocycles. The highest BCUT2D eigenvalue weighted by Crippen LogP contribution is 2.26. The fraction of sp³-hybridized carbons (Fsp3) is 0.941. The summed E-state index contributed by atoms with van der Waals surface area (Å²) in [5, 5.41) is 44.6. The molecule has 0 aliphatic carbocycles. The number of hydrogen-bond donors (Lipinski definition) is 4. The number of rotatable bonds is 13. The Morgan fingerprint density at radius 2 is 1.87 bits per heavy atom. The number of amides is 2. The summed E-state index contributed by atoms with van der Waals surface area (Å²) in [5.74, 6) is -0.0692. The van der Waals surface area contributed by atoms with Gasteiger partial charge in [0, 0.05) is 32.7 Å². The minimum atomic E-state index is -1.79. The maximum Gasteiger partial charge on any atom is 0.345 e. The zero-order chi connectivity index (χ0) is 22.7. The van der Waals surface area contributed by atoms with Crippen molar-refractivity contribution in [3.63, 3.8) is 0 Å². The van der Waals surface area contributed by atoms with Gasteiger partial charge in [0.1, 0.15) is 24.4 Å². The molecule has 13 heteroatoms. The third-order valence-corrected chi connectivity index (χ3v) is 4.78. The van der Waals surface area contributed by atoms with Gasteiger partial charge in [0.05, 0.1) is 11.8 Å². The summed E-state index contributed by atoms with van der Waals surface area (Å²) in [6, 6.07) is -0.964. The van der Waals surface area contributed by atoms with Crippen LogP contribution in [0.5, 0.6) is 0 Å². The number of halogens is 1. The van der Waals surface area contributed by atoms with Crippen LogP contribution >= 0.6 is 11.6 Å². The first-order valence-electron chi connectivity index (χ1n) is 9.79. The zero-order valence-electron chi connectivity index (χ0n) is 17.2. The number of alkyl halides is 1. The fourth-order valence-corrected chi connectivity index (χ4v) is 3.06. The minimum Gasteiger partial charge on any atom is -0.387 e. The van der Waals surface area contributed by atoms with E-state index in [4.69, 9.17) is 25.8 Å². The molecule has 12 nitrogen and oxygen atoms in total. The largest absolute Gasteiger partial charge is 0.387 e. The Hall–Kier alpha value is -1.12. The summed E-state index contributed by atoms with van der Waals surface area (Å²) in [5.41, 5.74) is 0. The lowest BCUT2D eigenvalue weighted by Gasteiger charge is -2.44. The summed E-state index contributed by atoms with van der Waals surface area (Å²) < 4.78 is 15.8. The van der Waals surface area contributed by atoms with Crippen LogP contribution in [0, 0.1) is 4.91 Å². The molecule has 0 radical (unpaired) electrons. The normalized spacial score (nSPS) is 27.5. The predicted molar refractivity (Wildman–Crippen MR) is 105 cm³/mol. The molecule has 1 heterocycles. The van der Waals surface area contributed by atoms with Crippen LogP contribution in [0.25, 0.3) is 0 Å². The van der Waals surface area contributed by atoms with Gasteiger partial charge in [0.15, 0.2) is 12.5 Å². The second kappa shape index (κ2) is 14.0. The summed E-state index contributed by atoms with van der Waals surface area (Å²) in [6.07, 6.45) is -7.84. The molecule has 1 rings (SSSR count). The predicted octanol–water partition coefficient (Wildman–Crippen LogP) is -0.390. The van der Waals surface area contributed by atoms with E-state index in [2.05, 4.69) is 5.29 Å². The molecular weight excluding hydrogens is 426 g/mol. The number of aliphatic hydroxyl groups excluding tert-OH is 4. The van der Waals surface area contributed by atoms with Crippen LogP contribution in [0.4, 0.5) is 4.79 Å². The van der Waals surface area contributed by atoms with Gasteiger partial charge in [-0.15, -0.1) is 16.5 Å². The first kappa shape index (κ1) is 26.9. The Morgan fingerprint density at radius 1 is 1.17 bits per heavy atom. The maximum absolute atomic E-state index is 12.7. The number of unbranched alkanes of at least 4 members (excludes halogenated alkanes) is 1. The highest BCUT2D eigenvalue weighted by Gasteiger charge is 2.49. The first-order valence-corrected chi connectivity index (χ1v) is 10.3. The van der Waals surface area contributed by atoms with Crippen molar-refractivity contribution in [3.05, 3.63) is 4.91 Å². The van der Waals surface area contributed by atoms with Gasteiger partial charge in [-0.05, 0) is 12.8 Å². The highest BCUT2D eigenvalue weighted by atomic mass is 35.5. The third kappa shape index (κ3) is 7.24. The van der Waals surface area contributed by atoms with Crippen LogP contribution < -0.4 is 0 Å². The molecule has 0 bridgehead atoms. The van der Waals surface area contributed by atoms with Gasteiger partial charge < -0.3 is 34.6 Å². The van der Waals surface area contributed by atoms with E-state index in [1.54, 1.807) is 0 Å². The van der Waals surface area contributed by atoms with Crippen LogP contribution in [0.3, 0.4) is 0 Å². The third-order valence-electron chi connectivity index (χ3n) is 4.61. The monoisotopic (exact) mass is 457 g/mol. The number of carbonyl (C=O) groups excluding carboxylic acids is 1. The van der Waals surface area contributed by atoms with E-state index in [1.807, 2.05) is 6.92 Å². The molecule has 30 heavy (non-hydrogen) atoms. The second-order valence-electron chi connectivity index (χ2n) is 6.79. The van der Waals surface area contributed by atoms with Crippen molar-refractivity contribution in [2.75, 3.05) is 39.3 Å². The molecule has 1 saturated heterocycles. The smallest absolute Gasteiger partial charge is 0.345 e. The van der Waals surface area contributed by atoms with Gasteiger partial charge in [-0.25, -0.2) is 4.79 Å².